The molecule has 0 amide bonds. The van der Waals surface area contributed by atoms with Crippen LogP contribution in [0.25, 0.3) is 0 Å². The third-order valence-corrected chi connectivity index (χ3v) is 4.29. The minimum Gasteiger partial charge on any atom is -0.396 e. The van der Waals surface area contributed by atoms with E-state index < -0.39 is 10.0 Å². The Hall–Kier alpha value is -1.22. The molecule has 0 radical (unpaired) electrons. The summed E-state index contributed by atoms with van der Waals surface area (Å²) in [5.41, 5.74) is 0. The highest BCUT2D eigenvalue weighted by atomic mass is 32.2. The first kappa shape index (κ1) is 15.8. The molecule has 2 N–H and O–H groups in total. The molecule has 0 aliphatic heterocycles. The molecule has 1 aromatic heterocycles. The molecule has 1 heterocycles. The fourth-order valence-electron chi connectivity index (χ4n) is 1.55. The molecule has 7 nitrogen and oxygen atoms in total. The van der Waals surface area contributed by atoms with E-state index in [9.17, 15) is 8.42 Å². The predicted octanol–water partition coefficient (Wildman–Crippen LogP) is -0.566. The van der Waals surface area contributed by atoms with E-state index in [-0.39, 0.29) is 31.2 Å². The summed E-state index contributed by atoms with van der Waals surface area (Å²) in [6, 6.07) is 0. The van der Waals surface area contributed by atoms with Crippen LogP contribution in [0.4, 0.5) is 0 Å². The van der Waals surface area contributed by atoms with Crippen molar-refractivity contribution >= 4 is 10.0 Å². The molecule has 108 valence electrons. The van der Waals surface area contributed by atoms with Gasteiger partial charge in [-0.15, -0.1) is 6.58 Å². The van der Waals surface area contributed by atoms with Gasteiger partial charge in [0.05, 0.1) is 12.8 Å². The Morgan fingerprint density at radius 1 is 1.42 bits per heavy atom. The van der Waals surface area contributed by atoms with Gasteiger partial charge in [-0.25, -0.2) is 8.42 Å². The summed E-state index contributed by atoms with van der Waals surface area (Å²) < 4.78 is 27.1. The second kappa shape index (κ2) is 7.39. The van der Waals surface area contributed by atoms with Crippen molar-refractivity contribution in [1.29, 1.82) is 0 Å². The molecular formula is C11H19N3O4S. The van der Waals surface area contributed by atoms with E-state index in [2.05, 4.69) is 11.7 Å². The molecule has 0 bridgehead atoms. The molecule has 0 aromatic carbocycles. The predicted molar refractivity (Wildman–Crippen MR) is 70.0 cm³/mol. The topological polar surface area (TPSA) is 95.7 Å². The standard InChI is InChI=1S/C11H19N3O4S/c1-2-4-14(6-8-16)19(17,18)11-9-12-13(10-11)5-3-7-15/h2,9-10,15-16H,1,3-8H2. The van der Waals surface area contributed by atoms with Crippen LogP contribution in [0.1, 0.15) is 6.42 Å². The van der Waals surface area contributed by atoms with Crippen molar-refractivity contribution in [1.82, 2.24) is 14.1 Å². The first-order chi connectivity index (χ1) is 9.06. The summed E-state index contributed by atoms with van der Waals surface area (Å²) in [6.07, 6.45) is 4.65. The maximum atomic E-state index is 12.3. The summed E-state index contributed by atoms with van der Waals surface area (Å²) in [4.78, 5) is 0.0701. The SMILES string of the molecule is C=CCN(CCO)S(=O)(=O)c1cnn(CCCO)c1. The van der Waals surface area contributed by atoms with Gasteiger partial charge in [0.15, 0.2) is 0 Å². The number of rotatable bonds is 9. The second-order valence-electron chi connectivity index (χ2n) is 3.89. The van der Waals surface area contributed by atoms with E-state index >= 15 is 0 Å². The highest BCUT2D eigenvalue weighted by Gasteiger charge is 2.24. The van der Waals surface area contributed by atoms with Gasteiger partial charge in [-0.05, 0) is 6.42 Å². The highest BCUT2D eigenvalue weighted by molar-refractivity contribution is 7.89. The van der Waals surface area contributed by atoms with Gasteiger partial charge in [-0.1, -0.05) is 6.08 Å². The largest absolute Gasteiger partial charge is 0.396 e. The molecule has 0 aliphatic rings. The van der Waals surface area contributed by atoms with Crippen LogP contribution in [-0.2, 0) is 16.6 Å². The lowest BCUT2D eigenvalue weighted by molar-refractivity contribution is 0.260. The summed E-state index contributed by atoms with van der Waals surface area (Å²) in [7, 11) is -3.67. The van der Waals surface area contributed by atoms with Crippen molar-refractivity contribution in [3.8, 4) is 0 Å². The summed E-state index contributed by atoms with van der Waals surface area (Å²) in [5.74, 6) is 0. The molecule has 19 heavy (non-hydrogen) atoms. The monoisotopic (exact) mass is 289 g/mol. The third kappa shape index (κ3) is 4.13. The zero-order chi connectivity index (χ0) is 14.3. The molecule has 0 atom stereocenters. The second-order valence-corrected chi connectivity index (χ2v) is 5.83. The van der Waals surface area contributed by atoms with Gasteiger partial charge < -0.3 is 10.2 Å². The average molecular weight is 289 g/mol. The molecule has 0 unspecified atom stereocenters. The van der Waals surface area contributed by atoms with Crippen LogP contribution in [0.15, 0.2) is 29.9 Å². The number of sulfonamides is 1. The highest BCUT2D eigenvalue weighted by Crippen LogP contribution is 2.14. The van der Waals surface area contributed by atoms with E-state index in [0.717, 1.165) is 4.31 Å². The van der Waals surface area contributed by atoms with Gasteiger partial charge in [0, 0.05) is 32.4 Å². The lowest BCUT2D eigenvalue weighted by Crippen LogP contribution is -2.33. The zero-order valence-corrected chi connectivity index (χ0v) is 11.5. The fourth-order valence-corrected chi connectivity index (χ4v) is 2.90. The molecule has 0 fully saturated rings. The smallest absolute Gasteiger partial charge is 0.246 e. The first-order valence-electron chi connectivity index (χ1n) is 5.91. The van der Waals surface area contributed by atoms with Crippen LogP contribution in [0.5, 0.6) is 0 Å². The Balaban J connectivity index is 2.90. The number of aromatic nitrogens is 2. The summed E-state index contributed by atoms with van der Waals surface area (Å²) in [5, 5.41) is 21.6. The minimum atomic E-state index is -3.67. The third-order valence-electron chi connectivity index (χ3n) is 2.47. The van der Waals surface area contributed by atoms with Crippen LogP contribution >= 0.6 is 0 Å². The number of aliphatic hydroxyl groups is 2. The van der Waals surface area contributed by atoms with Crippen molar-refractivity contribution in [2.45, 2.75) is 17.9 Å². The molecule has 0 saturated heterocycles. The molecule has 1 aromatic rings. The Morgan fingerprint density at radius 3 is 2.74 bits per heavy atom. The van der Waals surface area contributed by atoms with Crippen LogP contribution in [0.2, 0.25) is 0 Å². The number of aliphatic hydroxyl groups excluding tert-OH is 2. The van der Waals surface area contributed by atoms with Crippen LogP contribution in [0, 0.1) is 0 Å². The fraction of sp³-hybridized carbons (Fsp3) is 0.545. The number of aryl methyl sites for hydroxylation is 1. The first-order valence-corrected chi connectivity index (χ1v) is 7.35. The molecular weight excluding hydrogens is 270 g/mol. The number of hydrogen-bond acceptors (Lipinski definition) is 5. The Morgan fingerprint density at radius 2 is 2.16 bits per heavy atom. The van der Waals surface area contributed by atoms with Gasteiger partial charge >= 0.3 is 0 Å². The van der Waals surface area contributed by atoms with Crippen LogP contribution in [0.3, 0.4) is 0 Å². The molecule has 8 heteroatoms. The molecule has 0 aliphatic carbocycles. The summed E-state index contributed by atoms with van der Waals surface area (Å²) >= 11 is 0. The van der Waals surface area contributed by atoms with Crippen molar-refractivity contribution in [2.75, 3.05) is 26.3 Å². The zero-order valence-electron chi connectivity index (χ0n) is 10.6. The van der Waals surface area contributed by atoms with Crippen LogP contribution in [-0.4, -0.2) is 59.0 Å². The quantitative estimate of drug-likeness (QED) is 0.594. The maximum Gasteiger partial charge on any atom is 0.246 e. The molecule has 0 spiro atoms. The van der Waals surface area contributed by atoms with E-state index in [1.807, 2.05) is 0 Å². The van der Waals surface area contributed by atoms with Gasteiger partial charge in [0.25, 0.3) is 0 Å². The lowest BCUT2D eigenvalue weighted by Gasteiger charge is -2.18. The van der Waals surface area contributed by atoms with E-state index in [0.29, 0.717) is 13.0 Å². The van der Waals surface area contributed by atoms with Crippen molar-refractivity contribution in [2.24, 2.45) is 0 Å². The van der Waals surface area contributed by atoms with Crippen LogP contribution < -0.4 is 0 Å². The van der Waals surface area contributed by atoms with Crippen molar-refractivity contribution in [3.05, 3.63) is 25.0 Å². The van der Waals surface area contributed by atoms with Gasteiger partial charge in [-0.2, -0.15) is 9.40 Å². The van der Waals surface area contributed by atoms with Crippen molar-refractivity contribution in [3.63, 3.8) is 0 Å². The molecule has 0 saturated carbocycles. The lowest BCUT2D eigenvalue weighted by atomic mass is 10.5. The van der Waals surface area contributed by atoms with Gasteiger partial charge in [-0.3, -0.25) is 4.68 Å². The molecule has 1 rings (SSSR count). The van der Waals surface area contributed by atoms with Crippen molar-refractivity contribution < 1.29 is 18.6 Å². The summed E-state index contributed by atoms with van der Waals surface area (Å²) in [6.45, 7) is 3.86. The Labute approximate surface area is 112 Å². The normalized spacial score (nSPS) is 11.9. The van der Waals surface area contributed by atoms with E-state index in [1.54, 1.807) is 0 Å². The minimum absolute atomic E-state index is 0.0101. The maximum absolute atomic E-state index is 12.3. The van der Waals surface area contributed by atoms with Gasteiger partial charge in [0.1, 0.15) is 4.90 Å². The Bertz CT molecular complexity index is 498. The Kier molecular flexibility index (Phi) is 6.16. The van der Waals surface area contributed by atoms with E-state index in [1.165, 1.54) is 23.2 Å². The van der Waals surface area contributed by atoms with Gasteiger partial charge in [0.2, 0.25) is 10.0 Å². The average Bonchev–Trinajstić information content (AvgIpc) is 2.85. The number of hydrogen-bond donors (Lipinski definition) is 2. The number of nitrogens with zero attached hydrogens (tertiary/aromatic N) is 3. The van der Waals surface area contributed by atoms with E-state index in [4.69, 9.17) is 10.2 Å².